The lowest BCUT2D eigenvalue weighted by molar-refractivity contribution is -0.192. The third-order valence-electron chi connectivity index (χ3n) is 5.44. The average molecular weight is 562 g/mol. The molecule has 39 heavy (non-hydrogen) atoms. The summed E-state index contributed by atoms with van der Waals surface area (Å²) in [6, 6.07) is 12.8. The van der Waals surface area contributed by atoms with E-state index in [0.29, 0.717) is 22.2 Å². The number of nitrogens with zero attached hydrogens (tertiary/aromatic N) is 3. The molecule has 0 unspecified atom stereocenters. The Bertz CT molecular complexity index is 1760. The van der Waals surface area contributed by atoms with Crippen LogP contribution >= 0.6 is 0 Å². The van der Waals surface area contributed by atoms with Gasteiger partial charge in [0.25, 0.3) is 0 Å². The van der Waals surface area contributed by atoms with Gasteiger partial charge in [0.15, 0.2) is 0 Å². The molecule has 202 valence electrons. The first-order chi connectivity index (χ1) is 18.3. The molecule has 0 saturated carbocycles. The van der Waals surface area contributed by atoms with E-state index in [-0.39, 0.29) is 6.54 Å². The minimum atomic E-state index is -5.08. The number of pyridine rings is 3. The summed E-state index contributed by atoms with van der Waals surface area (Å²) in [7, 11) is -3.30. The highest BCUT2D eigenvalue weighted by Crippen LogP contribution is 2.36. The summed E-state index contributed by atoms with van der Waals surface area (Å²) in [6.45, 7) is 0.167. The number of fused-ring (bicyclic) bond motifs is 3. The summed E-state index contributed by atoms with van der Waals surface area (Å²) in [5, 5.41) is 8.59. The van der Waals surface area contributed by atoms with Crippen LogP contribution in [0.3, 0.4) is 0 Å². The van der Waals surface area contributed by atoms with Gasteiger partial charge >= 0.3 is 12.1 Å². The zero-order valence-electron chi connectivity index (χ0n) is 20.0. The van der Waals surface area contributed by atoms with Gasteiger partial charge in [-0.25, -0.2) is 27.3 Å². The van der Waals surface area contributed by atoms with Gasteiger partial charge in [0.05, 0.1) is 29.9 Å². The van der Waals surface area contributed by atoms with Crippen molar-refractivity contribution in [2.45, 2.75) is 12.7 Å². The van der Waals surface area contributed by atoms with Crippen molar-refractivity contribution in [3.05, 3.63) is 78.6 Å². The molecule has 0 aliphatic heterocycles. The molecule has 0 atom stereocenters. The molecule has 5 aromatic rings. The summed E-state index contributed by atoms with van der Waals surface area (Å²) < 4.78 is 71.9. The zero-order chi connectivity index (χ0) is 28.4. The summed E-state index contributed by atoms with van der Waals surface area (Å²) in [6.07, 6.45) is 2.35. The molecular formula is C25H19F4N5O4S. The van der Waals surface area contributed by atoms with Crippen LogP contribution in [0.4, 0.5) is 17.6 Å². The van der Waals surface area contributed by atoms with Crippen LogP contribution in [-0.4, -0.2) is 51.9 Å². The van der Waals surface area contributed by atoms with Gasteiger partial charge in [-0.1, -0.05) is 24.3 Å². The first-order valence-electron chi connectivity index (χ1n) is 11.0. The molecule has 0 saturated heterocycles. The third-order valence-corrected chi connectivity index (χ3v) is 6.11. The van der Waals surface area contributed by atoms with Crippen molar-refractivity contribution in [2.24, 2.45) is 0 Å². The topological polar surface area (TPSA) is 138 Å². The highest BCUT2D eigenvalue weighted by molar-refractivity contribution is 7.88. The molecule has 0 radical (unpaired) electrons. The minimum Gasteiger partial charge on any atom is -0.475 e. The smallest absolute Gasteiger partial charge is 0.475 e. The number of hydrogen-bond donors (Lipinski definition) is 3. The first kappa shape index (κ1) is 27.6. The number of aromatic nitrogens is 4. The summed E-state index contributed by atoms with van der Waals surface area (Å²) in [5.74, 6) is -3.20. The summed E-state index contributed by atoms with van der Waals surface area (Å²) >= 11 is 0. The molecule has 3 N–H and O–H groups in total. The number of hydrogen-bond acceptors (Lipinski definition) is 6. The molecule has 4 heterocycles. The predicted molar refractivity (Wildman–Crippen MR) is 135 cm³/mol. The Balaban J connectivity index is 0.000000448. The van der Waals surface area contributed by atoms with E-state index in [1.807, 2.05) is 18.2 Å². The maximum Gasteiger partial charge on any atom is 0.490 e. The second kappa shape index (κ2) is 10.7. The van der Waals surface area contributed by atoms with Crippen LogP contribution in [0, 0.1) is 5.82 Å². The number of nitrogens with one attached hydrogen (secondary N) is 2. The summed E-state index contributed by atoms with van der Waals surface area (Å²) in [5.41, 5.74) is 4.75. The van der Waals surface area contributed by atoms with Crippen LogP contribution in [0.2, 0.25) is 0 Å². The lowest BCUT2D eigenvalue weighted by Crippen LogP contribution is -2.21. The Kier molecular flexibility index (Phi) is 7.60. The van der Waals surface area contributed by atoms with Crippen molar-refractivity contribution in [3.63, 3.8) is 0 Å². The number of halogens is 4. The Labute approximate surface area is 218 Å². The largest absolute Gasteiger partial charge is 0.490 e. The van der Waals surface area contributed by atoms with Crippen molar-refractivity contribution < 1.29 is 35.9 Å². The highest BCUT2D eigenvalue weighted by atomic mass is 32.2. The van der Waals surface area contributed by atoms with Crippen molar-refractivity contribution in [2.75, 3.05) is 6.26 Å². The van der Waals surface area contributed by atoms with Crippen LogP contribution < -0.4 is 4.72 Å². The molecule has 5 rings (SSSR count). The van der Waals surface area contributed by atoms with Crippen molar-refractivity contribution in [1.82, 2.24) is 24.7 Å². The minimum absolute atomic E-state index is 0.167. The second-order valence-corrected chi connectivity index (χ2v) is 10.1. The number of aliphatic carboxylic acids is 1. The number of benzene rings is 1. The molecule has 14 heteroatoms. The molecule has 9 nitrogen and oxygen atoms in total. The standard InChI is InChI=1S/C23H18FN5O2S.C2HF3O2/c1-32(30,31)28-10-14-4-6-15(7-5-14)21-18(24)12-27-23-22(21)17-9-19(26-13-20(17)29-23)16-3-2-8-25-11-16;3-2(4,5)1(6)7/h2-9,11-13,28H,10H2,1H3,(H,27,29);(H,6,7). The Morgan fingerprint density at radius 3 is 2.33 bits per heavy atom. The van der Waals surface area contributed by atoms with Crippen molar-refractivity contribution in [3.8, 4) is 22.4 Å². The molecule has 0 spiro atoms. The van der Waals surface area contributed by atoms with Gasteiger partial charge in [-0.3, -0.25) is 9.97 Å². The maximum absolute atomic E-state index is 15.0. The maximum atomic E-state index is 15.0. The molecule has 0 aliphatic rings. The fourth-order valence-corrected chi connectivity index (χ4v) is 4.12. The number of sulfonamides is 1. The van der Waals surface area contributed by atoms with E-state index in [9.17, 15) is 21.6 Å². The van der Waals surface area contributed by atoms with Crippen LogP contribution in [0.5, 0.6) is 0 Å². The van der Waals surface area contributed by atoms with E-state index in [4.69, 9.17) is 9.90 Å². The van der Waals surface area contributed by atoms with E-state index < -0.39 is 28.0 Å². The van der Waals surface area contributed by atoms with Crippen molar-refractivity contribution >= 4 is 37.9 Å². The van der Waals surface area contributed by atoms with Gasteiger partial charge in [-0.15, -0.1) is 0 Å². The zero-order valence-corrected chi connectivity index (χ0v) is 20.8. The fourth-order valence-electron chi connectivity index (χ4n) is 3.69. The molecule has 1 aromatic carbocycles. The Morgan fingerprint density at radius 2 is 1.74 bits per heavy atom. The first-order valence-corrected chi connectivity index (χ1v) is 12.9. The van der Waals surface area contributed by atoms with Gasteiger partial charge in [0.2, 0.25) is 10.0 Å². The number of H-pyrrole nitrogens is 1. The number of aromatic amines is 1. The predicted octanol–water partition coefficient (Wildman–Crippen LogP) is 4.66. The monoisotopic (exact) mass is 561 g/mol. The number of carbonyl (C=O) groups is 1. The van der Waals surface area contributed by atoms with Crippen LogP contribution in [0.25, 0.3) is 44.3 Å². The molecule has 0 bridgehead atoms. The number of alkyl halides is 3. The second-order valence-electron chi connectivity index (χ2n) is 8.28. The van der Waals surface area contributed by atoms with Crippen molar-refractivity contribution in [1.29, 1.82) is 0 Å². The highest BCUT2D eigenvalue weighted by Gasteiger charge is 2.38. The molecule has 0 amide bonds. The normalized spacial score (nSPS) is 11.8. The number of rotatable bonds is 5. The van der Waals surface area contributed by atoms with E-state index in [2.05, 4.69) is 24.7 Å². The number of carboxylic acids is 1. The SMILES string of the molecule is CS(=O)(=O)NCc1ccc(-c2c(F)cnc3[nH]c4cnc(-c5cccnc5)cc4c23)cc1.O=C(O)C(F)(F)F. The van der Waals surface area contributed by atoms with E-state index in [1.54, 1.807) is 42.9 Å². The quantitative estimate of drug-likeness (QED) is 0.265. The van der Waals surface area contributed by atoms with Gasteiger partial charge in [0.1, 0.15) is 11.5 Å². The molecule has 0 fully saturated rings. The molecular weight excluding hydrogens is 542 g/mol. The van der Waals surface area contributed by atoms with E-state index in [1.165, 1.54) is 6.20 Å². The van der Waals surface area contributed by atoms with Gasteiger partial charge < -0.3 is 10.1 Å². The van der Waals surface area contributed by atoms with Gasteiger partial charge in [0, 0.05) is 40.8 Å². The Morgan fingerprint density at radius 1 is 1.05 bits per heavy atom. The number of carboxylic acid groups (broad SMARTS) is 1. The molecule has 0 aliphatic carbocycles. The lowest BCUT2D eigenvalue weighted by Gasteiger charge is -2.08. The van der Waals surface area contributed by atoms with Crippen LogP contribution in [0.15, 0.2) is 67.3 Å². The van der Waals surface area contributed by atoms with Gasteiger partial charge in [-0.2, -0.15) is 13.2 Å². The summed E-state index contributed by atoms with van der Waals surface area (Å²) in [4.78, 5) is 25.0. The van der Waals surface area contributed by atoms with Gasteiger partial charge in [-0.05, 0) is 29.3 Å². The Hall–Kier alpha value is -4.43. The fraction of sp³-hybridized carbons (Fsp3) is 0.120. The van der Waals surface area contributed by atoms with Crippen LogP contribution in [-0.2, 0) is 21.4 Å². The molecule has 4 aromatic heterocycles. The lowest BCUT2D eigenvalue weighted by atomic mass is 9.99. The van der Waals surface area contributed by atoms with E-state index in [0.717, 1.165) is 34.0 Å². The van der Waals surface area contributed by atoms with E-state index >= 15 is 4.39 Å². The average Bonchev–Trinajstić information content (AvgIpc) is 3.26. The van der Waals surface area contributed by atoms with Crippen LogP contribution in [0.1, 0.15) is 5.56 Å². The third kappa shape index (κ3) is 6.53.